The summed E-state index contributed by atoms with van der Waals surface area (Å²) in [6.07, 6.45) is 7.19. The van der Waals surface area contributed by atoms with Gasteiger partial charge in [-0.2, -0.15) is 0 Å². The number of imidazole rings is 2. The normalized spacial score (nSPS) is 18.2. The summed E-state index contributed by atoms with van der Waals surface area (Å²) in [5.41, 5.74) is 7.88. The molecule has 1 fully saturated rings. The van der Waals surface area contributed by atoms with Crippen LogP contribution in [0.3, 0.4) is 0 Å². The van der Waals surface area contributed by atoms with Gasteiger partial charge in [-0.1, -0.05) is 11.6 Å². The molecule has 4 aromatic heterocycles. The molecule has 5 N–H and O–H groups in total. The van der Waals surface area contributed by atoms with E-state index in [4.69, 9.17) is 17.3 Å². The molecule has 1 aliphatic rings. The van der Waals surface area contributed by atoms with Gasteiger partial charge in [0, 0.05) is 50.0 Å². The first-order valence-corrected chi connectivity index (χ1v) is 12.7. The number of carbonyl (C=O) groups excluding carboxylic acids is 3. The number of hydrogen-bond acceptors (Lipinski definition) is 8. The minimum atomic E-state index is -0.826. The molecule has 0 bridgehead atoms. The average Bonchev–Trinajstić information content (AvgIpc) is 3.68. The van der Waals surface area contributed by atoms with Crippen LogP contribution in [0, 0.1) is 0 Å². The van der Waals surface area contributed by atoms with E-state index < -0.39 is 18.0 Å². The monoisotopic (exact) mass is 541 g/mol. The van der Waals surface area contributed by atoms with E-state index in [0.717, 1.165) is 0 Å². The molecule has 1 aliphatic heterocycles. The van der Waals surface area contributed by atoms with Crippen molar-refractivity contribution >= 4 is 46.3 Å². The van der Waals surface area contributed by atoms with Crippen LogP contribution in [0.25, 0.3) is 5.65 Å². The lowest BCUT2D eigenvalue weighted by atomic mass is 10.1. The van der Waals surface area contributed by atoms with Crippen molar-refractivity contribution < 1.29 is 14.4 Å². The Bertz CT molecular complexity index is 1450. The summed E-state index contributed by atoms with van der Waals surface area (Å²) >= 11 is 7.31. The summed E-state index contributed by atoms with van der Waals surface area (Å²) in [4.78, 5) is 56.2. The number of amides is 3. The molecule has 5 rings (SSSR count). The van der Waals surface area contributed by atoms with Crippen LogP contribution < -0.4 is 16.4 Å². The first-order valence-electron chi connectivity index (χ1n) is 11.5. The van der Waals surface area contributed by atoms with Crippen molar-refractivity contribution in [3.05, 3.63) is 69.5 Å². The SMILES string of the molecule is CNC(=O)[C@H](Cc1c[nH]cn1)NC(=O)c1csc([C@@H]2C[C@@H](N)CN2C(=O)c2cn3cc(Cl)ccc3n2)n1. The number of fused-ring (bicyclic) bond motifs is 1. The molecule has 12 nitrogen and oxygen atoms in total. The van der Waals surface area contributed by atoms with E-state index in [0.29, 0.717) is 34.3 Å². The van der Waals surface area contributed by atoms with Crippen LogP contribution in [0.1, 0.15) is 44.1 Å². The number of nitrogens with one attached hydrogen (secondary N) is 3. The summed E-state index contributed by atoms with van der Waals surface area (Å²) in [7, 11) is 1.50. The minimum Gasteiger partial charge on any atom is -0.357 e. The van der Waals surface area contributed by atoms with E-state index in [1.807, 2.05) is 0 Å². The number of aromatic nitrogens is 5. The van der Waals surface area contributed by atoms with Crippen LogP contribution in [0.15, 0.2) is 42.4 Å². The van der Waals surface area contributed by atoms with E-state index in [1.54, 1.807) is 45.4 Å². The first kappa shape index (κ1) is 24.9. The maximum Gasteiger partial charge on any atom is 0.274 e. The molecule has 14 heteroatoms. The van der Waals surface area contributed by atoms with Crippen molar-refractivity contribution in [2.24, 2.45) is 5.73 Å². The topological polar surface area (TPSA) is 163 Å². The molecule has 0 unspecified atom stereocenters. The second kappa shape index (κ2) is 10.3. The largest absolute Gasteiger partial charge is 0.357 e. The van der Waals surface area contributed by atoms with Crippen molar-refractivity contribution in [1.29, 1.82) is 0 Å². The summed E-state index contributed by atoms with van der Waals surface area (Å²) in [5, 5.41) is 8.00. The van der Waals surface area contributed by atoms with E-state index >= 15 is 0 Å². The highest BCUT2D eigenvalue weighted by Crippen LogP contribution is 2.34. The maximum absolute atomic E-state index is 13.4. The Hall–Kier alpha value is -3.81. The molecular formula is C23H24ClN9O3S. The zero-order chi connectivity index (χ0) is 26.1. The smallest absolute Gasteiger partial charge is 0.274 e. The zero-order valence-corrected chi connectivity index (χ0v) is 21.3. The Kier molecular flexibility index (Phi) is 6.91. The Labute approximate surface area is 220 Å². The number of carbonyl (C=O) groups is 3. The second-order valence-electron chi connectivity index (χ2n) is 8.68. The van der Waals surface area contributed by atoms with Crippen LogP contribution in [0.2, 0.25) is 5.02 Å². The summed E-state index contributed by atoms with van der Waals surface area (Å²) in [6, 6.07) is 1.97. The number of likely N-dealkylation sites (tertiary alicyclic amines) is 1. The third kappa shape index (κ3) is 5.19. The molecule has 0 radical (unpaired) electrons. The molecule has 37 heavy (non-hydrogen) atoms. The summed E-state index contributed by atoms with van der Waals surface area (Å²) < 4.78 is 1.69. The van der Waals surface area contributed by atoms with Crippen LogP contribution >= 0.6 is 22.9 Å². The number of pyridine rings is 1. The van der Waals surface area contributed by atoms with E-state index in [1.165, 1.54) is 24.7 Å². The predicted molar refractivity (Wildman–Crippen MR) is 136 cm³/mol. The molecule has 3 amide bonds. The molecule has 5 heterocycles. The summed E-state index contributed by atoms with van der Waals surface area (Å²) in [5.74, 6) is -1.12. The van der Waals surface area contributed by atoms with Gasteiger partial charge in [-0.15, -0.1) is 11.3 Å². The Morgan fingerprint density at radius 3 is 2.86 bits per heavy atom. The molecule has 3 atom stereocenters. The fourth-order valence-electron chi connectivity index (χ4n) is 4.31. The number of nitrogens with zero attached hydrogens (tertiary/aromatic N) is 5. The number of hydrogen-bond donors (Lipinski definition) is 4. The van der Waals surface area contributed by atoms with E-state index in [2.05, 4.69) is 30.6 Å². The number of halogens is 1. The van der Waals surface area contributed by atoms with Crippen LogP contribution in [-0.2, 0) is 11.2 Å². The van der Waals surface area contributed by atoms with Crippen molar-refractivity contribution in [2.45, 2.75) is 31.0 Å². The van der Waals surface area contributed by atoms with Crippen molar-refractivity contribution in [3.63, 3.8) is 0 Å². The van der Waals surface area contributed by atoms with Crippen molar-refractivity contribution in [2.75, 3.05) is 13.6 Å². The first-order chi connectivity index (χ1) is 17.8. The van der Waals surface area contributed by atoms with Gasteiger partial charge >= 0.3 is 0 Å². The predicted octanol–water partition coefficient (Wildman–Crippen LogP) is 1.17. The van der Waals surface area contributed by atoms with E-state index in [-0.39, 0.29) is 35.7 Å². The van der Waals surface area contributed by atoms with Crippen LogP contribution in [0.4, 0.5) is 0 Å². The highest BCUT2D eigenvalue weighted by Gasteiger charge is 2.38. The Morgan fingerprint density at radius 1 is 1.27 bits per heavy atom. The average molecular weight is 542 g/mol. The fourth-order valence-corrected chi connectivity index (χ4v) is 5.41. The lowest BCUT2D eigenvalue weighted by molar-refractivity contribution is -0.122. The zero-order valence-electron chi connectivity index (χ0n) is 19.7. The van der Waals surface area contributed by atoms with Gasteiger partial charge in [-0.05, 0) is 18.6 Å². The van der Waals surface area contributed by atoms with Gasteiger partial charge in [0.1, 0.15) is 28.1 Å². The molecule has 0 spiro atoms. The molecule has 0 aliphatic carbocycles. The third-order valence-corrected chi connectivity index (χ3v) is 7.27. The number of H-pyrrole nitrogens is 1. The van der Waals surface area contributed by atoms with Gasteiger partial charge in [-0.25, -0.2) is 15.0 Å². The van der Waals surface area contributed by atoms with Crippen molar-refractivity contribution in [1.82, 2.24) is 39.9 Å². The van der Waals surface area contributed by atoms with Crippen molar-refractivity contribution in [3.8, 4) is 0 Å². The molecular weight excluding hydrogens is 518 g/mol. The van der Waals surface area contributed by atoms with Gasteiger partial charge in [0.25, 0.3) is 11.8 Å². The Balaban J connectivity index is 1.33. The fraction of sp³-hybridized carbons (Fsp3) is 0.304. The lowest BCUT2D eigenvalue weighted by Crippen LogP contribution is -2.47. The quantitative estimate of drug-likeness (QED) is 0.273. The molecule has 0 aromatic carbocycles. The second-order valence-corrected chi connectivity index (χ2v) is 10.0. The number of thiazole rings is 1. The van der Waals surface area contributed by atoms with E-state index in [9.17, 15) is 14.4 Å². The van der Waals surface area contributed by atoms with Gasteiger partial charge in [0.05, 0.1) is 23.1 Å². The number of rotatable bonds is 7. The number of aromatic amines is 1. The van der Waals surface area contributed by atoms with Gasteiger partial charge < -0.3 is 30.7 Å². The third-order valence-electron chi connectivity index (χ3n) is 6.10. The minimum absolute atomic E-state index is 0.158. The number of nitrogens with two attached hydrogens (primary N) is 1. The highest BCUT2D eigenvalue weighted by atomic mass is 35.5. The molecule has 4 aromatic rings. The Morgan fingerprint density at radius 2 is 2.11 bits per heavy atom. The molecule has 0 saturated carbocycles. The molecule has 192 valence electrons. The van der Waals surface area contributed by atoms with Gasteiger partial charge in [-0.3, -0.25) is 14.4 Å². The standard InChI is InChI=1S/C23H24ClN9O3S/c1-26-20(34)15(5-14-6-27-11-28-14)30-21(35)17-10-37-22(31-17)18-4-13(25)8-33(18)23(36)16-9-32-7-12(24)2-3-19(32)29-16/h2-3,6-7,9-11,13,15,18H,4-5,8,25H2,1H3,(H,26,34)(H,27,28)(H,30,35)/t13-,15+,18+/m1/s1. The molecule has 1 saturated heterocycles. The van der Waals surface area contributed by atoms with Crippen LogP contribution in [0.5, 0.6) is 0 Å². The van der Waals surface area contributed by atoms with Crippen LogP contribution in [-0.4, -0.2) is 72.6 Å². The van der Waals surface area contributed by atoms with Gasteiger partial charge in [0.15, 0.2) is 0 Å². The maximum atomic E-state index is 13.4. The lowest BCUT2D eigenvalue weighted by Gasteiger charge is -2.22. The van der Waals surface area contributed by atoms with Gasteiger partial charge in [0.2, 0.25) is 5.91 Å². The number of likely N-dealkylation sites (N-methyl/N-ethyl adjacent to an activating group) is 1. The highest BCUT2D eigenvalue weighted by molar-refractivity contribution is 7.09. The summed E-state index contributed by atoms with van der Waals surface area (Å²) in [6.45, 7) is 0.335.